The van der Waals surface area contributed by atoms with E-state index in [0.29, 0.717) is 5.92 Å². The molecule has 1 N–H and O–H groups in total. The van der Waals surface area contributed by atoms with Crippen molar-refractivity contribution >= 4 is 24.0 Å². The number of halogens is 2. The summed E-state index contributed by atoms with van der Waals surface area (Å²) in [5.74, 6) is 1.49. The number of hydrogen-bond donors (Lipinski definition) is 1. The van der Waals surface area contributed by atoms with Crippen LogP contribution in [0.15, 0.2) is 18.2 Å². The maximum atomic E-state index is 5.98. The number of rotatable bonds is 2. The number of hydrogen-bond acceptors (Lipinski definition) is 2. The molecule has 2 rings (SSSR count). The molecule has 1 fully saturated rings. The van der Waals surface area contributed by atoms with Crippen molar-refractivity contribution in [2.75, 3.05) is 20.2 Å². The van der Waals surface area contributed by atoms with Gasteiger partial charge in [0.2, 0.25) is 0 Å². The fourth-order valence-corrected chi connectivity index (χ4v) is 2.12. The van der Waals surface area contributed by atoms with Crippen molar-refractivity contribution < 1.29 is 4.74 Å². The molecule has 0 aliphatic carbocycles. The summed E-state index contributed by atoms with van der Waals surface area (Å²) in [4.78, 5) is 0. The highest BCUT2D eigenvalue weighted by atomic mass is 35.5. The van der Waals surface area contributed by atoms with Gasteiger partial charge in [-0.1, -0.05) is 11.6 Å². The second-order valence-corrected chi connectivity index (χ2v) is 4.01. The molecule has 0 radical (unpaired) electrons. The molecule has 1 aliphatic heterocycles. The van der Waals surface area contributed by atoms with Crippen LogP contribution in [-0.2, 0) is 0 Å². The van der Waals surface area contributed by atoms with E-state index in [1.807, 2.05) is 18.2 Å². The summed E-state index contributed by atoms with van der Waals surface area (Å²) >= 11 is 5.98. The molecule has 0 spiro atoms. The van der Waals surface area contributed by atoms with Gasteiger partial charge in [0.25, 0.3) is 0 Å². The van der Waals surface area contributed by atoms with Crippen LogP contribution in [0.5, 0.6) is 5.75 Å². The van der Waals surface area contributed by atoms with Gasteiger partial charge in [-0.3, -0.25) is 0 Å². The maximum Gasteiger partial charge on any atom is 0.122 e. The third kappa shape index (κ3) is 2.77. The van der Waals surface area contributed by atoms with Crippen molar-refractivity contribution in [3.63, 3.8) is 0 Å². The first-order valence-corrected chi connectivity index (χ1v) is 5.23. The fraction of sp³-hybridized carbons (Fsp3) is 0.455. The molecule has 15 heavy (non-hydrogen) atoms. The molecule has 0 aromatic heterocycles. The Morgan fingerprint density at radius 1 is 1.47 bits per heavy atom. The first-order chi connectivity index (χ1) is 6.81. The molecule has 1 aromatic carbocycles. The highest BCUT2D eigenvalue weighted by Gasteiger charge is 2.20. The Hall–Kier alpha value is -0.440. The van der Waals surface area contributed by atoms with Gasteiger partial charge in [-0.25, -0.2) is 0 Å². The van der Waals surface area contributed by atoms with Crippen molar-refractivity contribution in [2.24, 2.45) is 0 Å². The Balaban J connectivity index is 0.00000112. The molecule has 4 heteroatoms. The van der Waals surface area contributed by atoms with Crippen molar-refractivity contribution in [2.45, 2.75) is 12.3 Å². The van der Waals surface area contributed by atoms with Crippen LogP contribution in [0, 0.1) is 0 Å². The highest BCUT2D eigenvalue weighted by Crippen LogP contribution is 2.32. The summed E-state index contributed by atoms with van der Waals surface area (Å²) in [6.07, 6.45) is 1.16. The van der Waals surface area contributed by atoms with E-state index >= 15 is 0 Å². The predicted octanol–water partition coefficient (Wildman–Crippen LogP) is 2.85. The first-order valence-electron chi connectivity index (χ1n) is 4.85. The minimum atomic E-state index is 0. The lowest BCUT2D eigenvalue weighted by molar-refractivity contribution is 0.406. The van der Waals surface area contributed by atoms with Crippen LogP contribution in [-0.4, -0.2) is 20.2 Å². The highest BCUT2D eigenvalue weighted by molar-refractivity contribution is 6.30. The van der Waals surface area contributed by atoms with Gasteiger partial charge >= 0.3 is 0 Å². The SMILES string of the molecule is COc1ccc(Cl)cc1C1CCNC1.Cl. The molecule has 1 heterocycles. The van der Waals surface area contributed by atoms with E-state index in [9.17, 15) is 0 Å². The average Bonchev–Trinajstić information content (AvgIpc) is 2.70. The van der Waals surface area contributed by atoms with Crippen molar-refractivity contribution in [1.29, 1.82) is 0 Å². The van der Waals surface area contributed by atoms with E-state index in [0.717, 1.165) is 30.3 Å². The van der Waals surface area contributed by atoms with E-state index < -0.39 is 0 Å². The van der Waals surface area contributed by atoms with Crippen molar-refractivity contribution in [3.8, 4) is 5.75 Å². The van der Waals surface area contributed by atoms with Crippen LogP contribution >= 0.6 is 24.0 Å². The predicted molar refractivity (Wildman–Crippen MR) is 65.5 cm³/mol. The van der Waals surface area contributed by atoms with Gasteiger partial charge in [-0.15, -0.1) is 12.4 Å². The summed E-state index contributed by atoms with van der Waals surface area (Å²) in [7, 11) is 1.70. The molecule has 1 unspecified atom stereocenters. The fourth-order valence-electron chi connectivity index (χ4n) is 1.94. The summed E-state index contributed by atoms with van der Waals surface area (Å²) in [6, 6.07) is 5.82. The molecule has 1 aliphatic rings. The second-order valence-electron chi connectivity index (χ2n) is 3.58. The van der Waals surface area contributed by atoms with E-state index in [1.165, 1.54) is 5.56 Å². The minimum absolute atomic E-state index is 0. The normalized spacial score (nSPS) is 19.7. The molecule has 2 nitrogen and oxygen atoms in total. The van der Waals surface area contributed by atoms with Crippen molar-refractivity contribution in [1.82, 2.24) is 5.32 Å². The summed E-state index contributed by atoms with van der Waals surface area (Å²) in [6.45, 7) is 2.11. The number of nitrogens with one attached hydrogen (secondary N) is 1. The lowest BCUT2D eigenvalue weighted by atomic mass is 9.97. The average molecular weight is 248 g/mol. The molecule has 1 atom stereocenters. The topological polar surface area (TPSA) is 21.3 Å². The van der Waals surface area contributed by atoms with Crippen molar-refractivity contribution in [3.05, 3.63) is 28.8 Å². The van der Waals surface area contributed by atoms with Crippen LogP contribution in [0.3, 0.4) is 0 Å². The van der Waals surface area contributed by atoms with E-state index in [4.69, 9.17) is 16.3 Å². The van der Waals surface area contributed by atoms with E-state index in [1.54, 1.807) is 7.11 Å². The van der Waals surface area contributed by atoms with Gasteiger partial charge in [0.15, 0.2) is 0 Å². The number of benzene rings is 1. The lowest BCUT2D eigenvalue weighted by Crippen LogP contribution is -2.08. The minimum Gasteiger partial charge on any atom is -0.496 e. The zero-order valence-electron chi connectivity index (χ0n) is 8.63. The largest absolute Gasteiger partial charge is 0.496 e. The summed E-state index contributed by atoms with van der Waals surface area (Å²) in [5, 5.41) is 4.13. The molecule has 0 saturated carbocycles. The van der Waals surface area contributed by atoms with Crippen LogP contribution in [0.4, 0.5) is 0 Å². The second kappa shape index (κ2) is 5.59. The molecule has 0 amide bonds. The van der Waals surface area contributed by atoms with Crippen LogP contribution < -0.4 is 10.1 Å². The molecule has 84 valence electrons. The summed E-state index contributed by atoms with van der Waals surface area (Å²) < 4.78 is 5.33. The standard InChI is InChI=1S/C11H14ClNO.ClH/c1-14-11-3-2-9(12)6-10(11)8-4-5-13-7-8;/h2-3,6,8,13H,4-5,7H2,1H3;1H. The molecule has 1 saturated heterocycles. The number of ether oxygens (including phenoxy) is 1. The van der Waals surface area contributed by atoms with Gasteiger partial charge in [0.1, 0.15) is 5.75 Å². The van der Waals surface area contributed by atoms with Crippen LogP contribution in [0.25, 0.3) is 0 Å². The Morgan fingerprint density at radius 2 is 2.27 bits per heavy atom. The maximum absolute atomic E-state index is 5.98. The van der Waals surface area contributed by atoms with Gasteiger partial charge < -0.3 is 10.1 Å². The summed E-state index contributed by atoms with van der Waals surface area (Å²) in [5.41, 5.74) is 1.23. The molecular weight excluding hydrogens is 233 g/mol. The quantitative estimate of drug-likeness (QED) is 0.868. The third-order valence-electron chi connectivity index (χ3n) is 2.69. The van der Waals surface area contributed by atoms with Gasteiger partial charge in [0, 0.05) is 17.5 Å². The molecular formula is C11H15Cl2NO. The smallest absolute Gasteiger partial charge is 0.122 e. The lowest BCUT2D eigenvalue weighted by Gasteiger charge is -2.13. The van der Waals surface area contributed by atoms with Gasteiger partial charge in [-0.05, 0) is 36.7 Å². The Morgan fingerprint density at radius 3 is 2.87 bits per heavy atom. The van der Waals surface area contributed by atoms with E-state index in [-0.39, 0.29) is 12.4 Å². The zero-order valence-corrected chi connectivity index (χ0v) is 10.2. The van der Waals surface area contributed by atoms with Gasteiger partial charge in [0.05, 0.1) is 7.11 Å². The van der Waals surface area contributed by atoms with Gasteiger partial charge in [-0.2, -0.15) is 0 Å². The van der Waals surface area contributed by atoms with E-state index in [2.05, 4.69) is 5.32 Å². The Kier molecular flexibility index (Phi) is 4.71. The Bertz CT molecular complexity index is 324. The zero-order chi connectivity index (χ0) is 9.97. The third-order valence-corrected chi connectivity index (χ3v) is 2.93. The first kappa shape index (κ1) is 12.6. The number of methoxy groups -OCH3 is 1. The molecule has 1 aromatic rings. The monoisotopic (exact) mass is 247 g/mol. The van der Waals surface area contributed by atoms with Crippen LogP contribution in [0.1, 0.15) is 17.9 Å². The molecule has 0 bridgehead atoms. The Labute approximate surface area is 101 Å². The van der Waals surface area contributed by atoms with Crippen LogP contribution in [0.2, 0.25) is 5.02 Å².